The molecule has 0 aliphatic rings. The molecule has 9 nitrogen and oxygen atoms in total. The number of aromatic amines is 1. The summed E-state index contributed by atoms with van der Waals surface area (Å²) in [6.07, 6.45) is 1.55. The number of nitrogens with one attached hydrogen (secondary N) is 2. The van der Waals surface area contributed by atoms with Gasteiger partial charge < -0.3 is 15.6 Å². The molecule has 2 aromatic heterocycles. The average molecular weight is 222 g/mol. The number of nitrogens with two attached hydrogens (primary N) is 1. The molecule has 0 unspecified atom stereocenters. The van der Waals surface area contributed by atoms with Crippen molar-refractivity contribution in [2.45, 2.75) is 6.54 Å². The molecule has 0 spiro atoms. The first kappa shape index (κ1) is 10.1. The number of nitrogens with zero attached hydrogens (tertiary/aromatic N) is 5. The van der Waals surface area contributed by atoms with E-state index in [0.29, 0.717) is 5.82 Å². The van der Waals surface area contributed by atoms with Crippen LogP contribution in [0, 0.1) is 0 Å². The molecule has 9 heteroatoms. The van der Waals surface area contributed by atoms with Crippen molar-refractivity contribution in [1.82, 2.24) is 35.3 Å². The average Bonchev–Trinajstić information content (AvgIpc) is 2.84. The molecule has 16 heavy (non-hydrogen) atoms. The summed E-state index contributed by atoms with van der Waals surface area (Å²) in [6, 6.07) is 0. The van der Waals surface area contributed by atoms with Crippen LogP contribution >= 0.6 is 0 Å². The molecule has 1 amide bonds. The number of H-pyrrole nitrogens is 1. The smallest absolute Gasteiger partial charge is 0.289 e. The number of amides is 1. The van der Waals surface area contributed by atoms with Gasteiger partial charge in [0.2, 0.25) is 11.8 Å². The number of carbonyl (C=O) groups excluding carboxylic acids is 1. The van der Waals surface area contributed by atoms with Gasteiger partial charge in [0.05, 0.1) is 6.54 Å². The first-order valence-corrected chi connectivity index (χ1v) is 4.46. The van der Waals surface area contributed by atoms with Crippen molar-refractivity contribution in [3.63, 3.8) is 0 Å². The molecular formula is C7H10N8O. The zero-order valence-electron chi connectivity index (χ0n) is 8.51. The van der Waals surface area contributed by atoms with Gasteiger partial charge in [-0.2, -0.15) is 4.98 Å². The van der Waals surface area contributed by atoms with Gasteiger partial charge in [-0.3, -0.25) is 9.89 Å². The van der Waals surface area contributed by atoms with E-state index >= 15 is 0 Å². The monoisotopic (exact) mass is 222 g/mol. The molecule has 0 aliphatic heterocycles. The number of hydrogen-bond donors (Lipinski definition) is 3. The molecule has 2 rings (SSSR count). The van der Waals surface area contributed by atoms with Crippen LogP contribution in [0.3, 0.4) is 0 Å². The highest BCUT2D eigenvalue weighted by Crippen LogP contribution is 1.94. The van der Waals surface area contributed by atoms with Crippen LogP contribution in [0.15, 0.2) is 6.33 Å². The van der Waals surface area contributed by atoms with Gasteiger partial charge in [0.25, 0.3) is 5.91 Å². The maximum absolute atomic E-state index is 11.5. The number of rotatable bonds is 3. The maximum atomic E-state index is 11.5. The summed E-state index contributed by atoms with van der Waals surface area (Å²) in [5.74, 6) is 0.344. The molecule has 0 aromatic carbocycles. The lowest BCUT2D eigenvalue weighted by Crippen LogP contribution is -2.25. The van der Waals surface area contributed by atoms with Gasteiger partial charge in [0.1, 0.15) is 6.33 Å². The Balaban J connectivity index is 1.96. The second-order valence-corrected chi connectivity index (χ2v) is 3.08. The number of aryl methyl sites for hydroxylation is 1. The van der Waals surface area contributed by atoms with Gasteiger partial charge in [0, 0.05) is 7.05 Å². The summed E-state index contributed by atoms with van der Waals surface area (Å²) < 4.78 is 1.70. The fourth-order valence-corrected chi connectivity index (χ4v) is 1.09. The van der Waals surface area contributed by atoms with Crippen molar-refractivity contribution < 1.29 is 4.79 Å². The summed E-state index contributed by atoms with van der Waals surface area (Å²) in [6.45, 7) is 0.260. The van der Waals surface area contributed by atoms with E-state index in [-0.39, 0.29) is 18.3 Å². The van der Waals surface area contributed by atoms with Crippen LogP contribution < -0.4 is 11.1 Å². The fourth-order valence-electron chi connectivity index (χ4n) is 1.09. The minimum Gasteiger partial charge on any atom is -0.366 e. The maximum Gasteiger partial charge on any atom is 0.289 e. The third-order valence-corrected chi connectivity index (χ3v) is 1.93. The Hall–Kier alpha value is -2.45. The second-order valence-electron chi connectivity index (χ2n) is 3.08. The highest BCUT2D eigenvalue weighted by Gasteiger charge is 2.11. The Kier molecular flexibility index (Phi) is 2.50. The van der Waals surface area contributed by atoms with Crippen molar-refractivity contribution in [2.75, 3.05) is 5.73 Å². The Labute approximate surface area is 90.1 Å². The fraction of sp³-hybridized carbons (Fsp3) is 0.286. The van der Waals surface area contributed by atoms with Crippen molar-refractivity contribution >= 4 is 11.9 Å². The Morgan fingerprint density at radius 1 is 1.69 bits per heavy atom. The largest absolute Gasteiger partial charge is 0.366 e. The predicted octanol–water partition coefficient (Wildman–Crippen LogP) is -1.55. The molecule has 0 saturated heterocycles. The molecule has 84 valence electrons. The van der Waals surface area contributed by atoms with E-state index in [1.54, 1.807) is 17.9 Å². The molecule has 2 aromatic rings. The van der Waals surface area contributed by atoms with Crippen LogP contribution in [0.1, 0.15) is 16.4 Å². The Morgan fingerprint density at radius 2 is 2.50 bits per heavy atom. The van der Waals surface area contributed by atoms with Crippen molar-refractivity contribution in [3.8, 4) is 0 Å². The summed E-state index contributed by atoms with van der Waals surface area (Å²) in [7, 11) is 1.79. The van der Waals surface area contributed by atoms with Crippen LogP contribution in [0.5, 0.6) is 0 Å². The Morgan fingerprint density at radius 3 is 3.06 bits per heavy atom. The van der Waals surface area contributed by atoms with Gasteiger partial charge in [-0.05, 0) is 0 Å². The SMILES string of the molecule is Cn1cnnc1CNC(=O)c1nc(N)n[nH]1. The first-order chi connectivity index (χ1) is 7.66. The van der Waals surface area contributed by atoms with Gasteiger partial charge in [-0.15, -0.1) is 15.3 Å². The zero-order chi connectivity index (χ0) is 11.5. The van der Waals surface area contributed by atoms with Gasteiger partial charge in [-0.25, -0.2) is 0 Å². The number of nitrogen functional groups attached to an aromatic ring is 1. The van der Waals surface area contributed by atoms with E-state index in [1.165, 1.54) is 0 Å². The zero-order valence-corrected chi connectivity index (χ0v) is 8.51. The van der Waals surface area contributed by atoms with Crippen LogP contribution in [0.2, 0.25) is 0 Å². The van der Waals surface area contributed by atoms with Crippen molar-refractivity contribution in [2.24, 2.45) is 7.05 Å². The topological polar surface area (TPSA) is 127 Å². The van der Waals surface area contributed by atoms with E-state index in [0.717, 1.165) is 0 Å². The molecule has 4 N–H and O–H groups in total. The summed E-state index contributed by atoms with van der Waals surface area (Å²) >= 11 is 0. The molecule has 0 atom stereocenters. The van der Waals surface area contributed by atoms with Gasteiger partial charge in [-0.1, -0.05) is 0 Å². The lowest BCUT2D eigenvalue weighted by atomic mass is 10.5. The van der Waals surface area contributed by atoms with E-state index in [1.807, 2.05) is 0 Å². The molecule has 0 radical (unpaired) electrons. The standard InChI is InChI=1S/C7H10N8O/c1-15-3-10-12-4(15)2-9-6(16)5-11-7(8)14-13-5/h3H,2H2,1H3,(H,9,16)(H3,8,11,13,14). The van der Waals surface area contributed by atoms with E-state index in [9.17, 15) is 4.79 Å². The number of anilines is 1. The lowest BCUT2D eigenvalue weighted by Gasteiger charge is -2.01. The third-order valence-electron chi connectivity index (χ3n) is 1.93. The van der Waals surface area contributed by atoms with E-state index in [4.69, 9.17) is 5.73 Å². The second kappa shape index (κ2) is 3.96. The van der Waals surface area contributed by atoms with Crippen LogP contribution in [0.4, 0.5) is 5.95 Å². The molecule has 0 saturated carbocycles. The molecule has 0 fully saturated rings. The molecule has 2 heterocycles. The third kappa shape index (κ3) is 1.97. The summed E-state index contributed by atoms with van der Waals surface area (Å²) in [5.41, 5.74) is 5.27. The lowest BCUT2D eigenvalue weighted by molar-refractivity contribution is 0.0939. The normalized spacial score (nSPS) is 10.3. The number of hydrogen-bond acceptors (Lipinski definition) is 6. The van der Waals surface area contributed by atoms with Crippen molar-refractivity contribution in [1.29, 1.82) is 0 Å². The quantitative estimate of drug-likeness (QED) is 0.576. The van der Waals surface area contributed by atoms with Crippen LogP contribution in [-0.4, -0.2) is 35.9 Å². The van der Waals surface area contributed by atoms with Gasteiger partial charge >= 0.3 is 0 Å². The van der Waals surface area contributed by atoms with Crippen LogP contribution in [0.25, 0.3) is 0 Å². The Bertz CT molecular complexity index is 500. The summed E-state index contributed by atoms with van der Waals surface area (Å²) in [5, 5.41) is 16.1. The highest BCUT2D eigenvalue weighted by atomic mass is 16.2. The van der Waals surface area contributed by atoms with E-state index < -0.39 is 5.91 Å². The number of aromatic nitrogens is 6. The minimum atomic E-state index is -0.396. The van der Waals surface area contributed by atoms with Crippen LogP contribution in [-0.2, 0) is 13.6 Å². The summed E-state index contributed by atoms with van der Waals surface area (Å²) in [4.78, 5) is 15.2. The first-order valence-electron chi connectivity index (χ1n) is 4.46. The number of carbonyl (C=O) groups is 1. The molecular weight excluding hydrogens is 212 g/mol. The minimum absolute atomic E-state index is 0.0313. The van der Waals surface area contributed by atoms with Crippen molar-refractivity contribution in [3.05, 3.63) is 18.0 Å². The van der Waals surface area contributed by atoms with Gasteiger partial charge in [0.15, 0.2) is 5.82 Å². The molecule has 0 aliphatic carbocycles. The predicted molar refractivity (Wildman–Crippen MR) is 53.0 cm³/mol. The molecule has 0 bridgehead atoms. The van der Waals surface area contributed by atoms with E-state index in [2.05, 4.69) is 30.7 Å². The highest BCUT2D eigenvalue weighted by molar-refractivity contribution is 5.90.